The van der Waals surface area contributed by atoms with E-state index in [1.165, 1.54) is 13.0 Å². The van der Waals surface area contributed by atoms with Crippen LogP contribution in [0.5, 0.6) is 0 Å². The molecule has 0 radical (unpaired) electrons. The number of rotatable bonds is 4. The first kappa shape index (κ1) is 21.0. The van der Waals surface area contributed by atoms with Crippen molar-refractivity contribution in [3.63, 3.8) is 0 Å². The van der Waals surface area contributed by atoms with Gasteiger partial charge in [-0.25, -0.2) is 14.4 Å². The van der Waals surface area contributed by atoms with Gasteiger partial charge in [0.2, 0.25) is 11.9 Å². The van der Waals surface area contributed by atoms with Gasteiger partial charge in [-0.05, 0) is 19.3 Å². The van der Waals surface area contributed by atoms with Crippen LogP contribution in [0.1, 0.15) is 20.3 Å². The minimum absolute atomic E-state index is 0.219. The predicted octanol–water partition coefficient (Wildman–Crippen LogP) is -1.73. The second kappa shape index (κ2) is 5.93. The number of fused-ring (bicyclic) bond motifs is 1. The minimum Gasteiger partial charge on any atom is -0.478 e. The highest BCUT2D eigenvalue weighted by atomic mass is 16.8. The van der Waals surface area contributed by atoms with Crippen molar-refractivity contribution in [1.82, 2.24) is 0 Å². The third-order valence-electron chi connectivity index (χ3n) is 8.90. The Morgan fingerprint density at radius 1 is 1.18 bits per heavy atom. The fourth-order valence-electron chi connectivity index (χ4n) is 7.90. The second-order valence-electron chi connectivity index (χ2n) is 9.70. The zero-order valence-electron chi connectivity index (χ0n) is 17.6. The Morgan fingerprint density at radius 3 is 2.61 bits per heavy atom. The van der Waals surface area contributed by atoms with Crippen LogP contribution in [0.2, 0.25) is 0 Å². The van der Waals surface area contributed by atoms with Crippen LogP contribution in [0, 0.1) is 22.7 Å². The van der Waals surface area contributed by atoms with E-state index in [9.17, 15) is 29.4 Å². The Kier molecular flexibility index (Phi) is 3.77. The summed E-state index contributed by atoms with van der Waals surface area (Å²) in [6, 6.07) is 0. The number of carboxylic acid groups (broad SMARTS) is 1. The van der Waals surface area contributed by atoms with E-state index < -0.39 is 88.5 Å². The first-order chi connectivity index (χ1) is 15.5. The minimum atomic E-state index is -2.27. The topological polar surface area (TPSA) is 175 Å². The van der Waals surface area contributed by atoms with Gasteiger partial charge in [0.25, 0.3) is 0 Å². The highest BCUT2D eigenvalue weighted by molar-refractivity contribution is 5.94. The van der Waals surface area contributed by atoms with Gasteiger partial charge < -0.3 is 39.0 Å². The first-order valence-corrected chi connectivity index (χ1v) is 10.7. The van der Waals surface area contributed by atoms with Crippen molar-refractivity contribution in [1.29, 1.82) is 0 Å². The van der Waals surface area contributed by atoms with Gasteiger partial charge in [0.15, 0.2) is 17.8 Å². The van der Waals surface area contributed by atoms with Crippen molar-refractivity contribution in [2.24, 2.45) is 22.7 Å². The van der Waals surface area contributed by atoms with Crippen molar-refractivity contribution < 1.29 is 58.2 Å². The van der Waals surface area contributed by atoms with E-state index >= 15 is 0 Å². The van der Waals surface area contributed by atoms with Crippen LogP contribution in [0.3, 0.4) is 0 Å². The van der Waals surface area contributed by atoms with Crippen LogP contribution in [0.25, 0.3) is 0 Å². The summed E-state index contributed by atoms with van der Waals surface area (Å²) in [7, 11) is 0. The number of aliphatic hydroxyl groups is 2. The van der Waals surface area contributed by atoms with Gasteiger partial charge in [-0.2, -0.15) is 0 Å². The molecule has 2 aliphatic carbocycles. The number of ether oxygens (including phenoxy) is 5. The molecule has 6 aliphatic rings. The number of carboxylic acids is 1. The average molecular weight is 466 g/mol. The standard InChI is InChI=1S/C21H22O12/c1-7-6-9-19-11(24)12-20(28,8(2)14(25)31-12)21(19,16(27)30-9)33-17-18(7,19)13(15(26)32-17)29-5-3-4-10(22)23/h3-4,7-9,11-13,17,24,28H,5-6H2,1-2H3,(H,22,23)/b4-3+/t7-,8?,9?,11+,12+,13+,17+,18?,19+,20-,21-/m1/s1. The lowest BCUT2D eigenvalue weighted by molar-refractivity contribution is -0.238. The van der Waals surface area contributed by atoms with Crippen LogP contribution < -0.4 is 0 Å². The largest absolute Gasteiger partial charge is 0.478 e. The van der Waals surface area contributed by atoms with Crippen molar-refractivity contribution in [2.75, 3.05) is 6.61 Å². The van der Waals surface area contributed by atoms with Gasteiger partial charge in [0.05, 0.1) is 23.4 Å². The van der Waals surface area contributed by atoms with Crippen molar-refractivity contribution in [3.8, 4) is 0 Å². The summed E-state index contributed by atoms with van der Waals surface area (Å²) in [4.78, 5) is 49.5. The summed E-state index contributed by atoms with van der Waals surface area (Å²) >= 11 is 0. The van der Waals surface area contributed by atoms with E-state index in [4.69, 9.17) is 28.8 Å². The Labute approximate surface area is 186 Å². The van der Waals surface area contributed by atoms with Crippen LogP contribution in [-0.4, -0.2) is 87.7 Å². The van der Waals surface area contributed by atoms with E-state index in [-0.39, 0.29) is 13.0 Å². The lowest BCUT2D eigenvalue weighted by atomic mass is 9.54. The molecule has 6 rings (SSSR count). The summed E-state index contributed by atoms with van der Waals surface area (Å²) in [6.45, 7) is 2.88. The highest BCUT2D eigenvalue weighted by Crippen LogP contribution is 2.83. The van der Waals surface area contributed by atoms with Crippen molar-refractivity contribution in [3.05, 3.63) is 12.2 Å². The van der Waals surface area contributed by atoms with Gasteiger partial charge in [-0.1, -0.05) is 13.0 Å². The Hall–Kier alpha value is -2.54. The molecular formula is C21H22O12. The van der Waals surface area contributed by atoms with Gasteiger partial charge in [-0.3, -0.25) is 4.79 Å². The van der Waals surface area contributed by atoms with E-state index in [1.807, 2.05) is 0 Å². The third-order valence-corrected chi connectivity index (χ3v) is 8.90. The SMILES string of the molecule is CC1C(=O)O[C@H]2[C@H](O)[C@@]34C5C[C@@H](C)C36[C@@H](OC(=O)[C@@H]6OC/C=C/C(=O)O)O[C@@]4(C(=O)O5)[C@@]12O. The average Bonchev–Trinajstić information content (AvgIpc) is 3.44. The number of aliphatic hydroxyl groups excluding tert-OH is 1. The van der Waals surface area contributed by atoms with Crippen LogP contribution in [0.4, 0.5) is 0 Å². The molecule has 2 saturated carbocycles. The summed E-state index contributed by atoms with van der Waals surface area (Å²) in [5, 5.41) is 32.4. The molecule has 33 heavy (non-hydrogen) atoms. The quantitative estimate of drug-likeness (QED) is 0.243. The summed E-state index contributed by atoms with van der Waals surface area (Å²) < 4.78 is 28.4. The monoisotopic (exact) mass is 466 g/mol. The first-order valence-electron chi connectivity index (χ1n) is 10.7. The number of hydrogen-bond donors (Lipinski definition) is 3. The summed E-state index contributed by atoms with van der Waals surface area (Å²) in [5.74, 6) is -5.45. The van der Waals surface area contributed by atoms with Gasteiger partial charge in [0, 0.05) is 6.08 Å². The second-order valence-corrected chi connectivity index (χ2v) is 9.70. The van der Waals surface area contributed by atoms with Crippen LogP contribution in [0.15, 0.2) is 12.2 Å². The smallest absolute Gasteiger partial charge is 0.343 e. The summed E-state index contributed by atoms with van der Waals surface area (Å²) in [6.07, 6.45) is -4.53. The van der Waals surface area contributed by atoms with Crippen molar-refractivity contribution >= 4 is 23.9 Å². The fraction of sp³-hybridized carbons (Fsp3) is 0.714. The van der Waals surface area contributed by atoms with Gasteiger partial charge in [-0.15, -0.1) is 0 Å². The molecule has 3 unspecified atom stereocenters. The molecule has 12 nitrogen and oxygen atoms in total. The molecule has 3 N–H and O–H groups in total. The molecule has 0 aromatic rings. The molecule has 4 saturated heterocycles. The number of esters is 3. The molecule has 178 valence electrons. The Morgan fingerprint density at radius 2 is 1.91 bits per heavy atom. The molecule has 6 fully saturated rings. The maximum absolute atomic E-state index is 13.4. The Bertz CT molecular complexity index is 1040. The number of aliphatic carboxylic acids is 1. The molecule has 0 aromatic carbocycles. The predicted molar refractivity (Wildman–Crippen MR) is 98.7 cm³/mol. The molecule has 4 aliphatic heterocycles. The molecule has 0 aromatic heterocycles. The Balaban J connectivity index is 1.55. The molecule has 4 heterocycles. The zero-order chi connectivity index (χ0) is 23.7. The lowest BCUT2D eigenvalue weighted by Gasteiger charge is -2.45. The van der Waals surface area contributed by atoms with Gasteiger partial charge in [0.1, 0.15) is 12.2 Å². The van der Waals surface area contributed by atoms with Gasteiger partial charge >= 0.3 is 23.9 Å². The van der Waals surface area contributed by atoms with E-state index in [0.29, 0.717) is 0 Å². The van der Waals surface area contributed by atoms with Crippen molar-refractivity contribution in [2.45, 2.75) is 62.2 Å². The van der Waals surface area contributed by atoms with E-state index in [1.54, 1.807) is 6.92 Å². The van der Waals surface area contributed by atoms with E-state index in [0.717, 1.165) is 6.08 Å². The maximum Gasteiger partial charge on any atom is 0.343 e. The third kappa shape index (κ3) is 1.76. The maximum atomic E-state index is 13.4. The summed E-state index contributed by atoms with van der Waals surface area (Å²) in [5.41, 5.74) is -7.67. The molecule has 0 bridgehead atoms. The molecular weight excluding hydrogens is 444 g/mol. The number of carbonyl (C=O) groups excluding carboxylic acids is 3. The number of hydrogen-bond acceptors (Lipinski definition) is 11. The van der Waals surface area contributed by atoms with Crippen LogP contribution in [-0.2, 0) is 42.9 Å². The normalized spacial score (nSPS) is 55.3. The molecule has 11 atom stereocenters. The molecule has 12 heteroatoms. The highest BCUT2D eigenvalue weighted by Gasteiger charge is 3.03. The van der Waals surface area contributed by atoms with E-state index in [2.05, 4.69) is 0 Å². The fourth-order valence-corrected chi connectivity index (χ4v) is 7.90. The number of carbonyl (C=O) groups is 4. The molecule has 2 spiro atoms. The zero-order valence-corrected chi connectivity index (χ0v) is 17.6. The molecule has 0 amide bonds. The lowest BCUT2D eigenvalue weighted by Crippen LogP contribution is -2.67. The van der Waals surface area contributed by atoms with Crippen LogP contribution >= 0.6 is 0 Å².